The molecule has 1 N–H and O–H groups in total. The SMILES string of the molecule is O=C1CN(C(=O)CCc2ccccc2Br)CN1. The molecule has 1 saturated heterocycles. The number of amides is 2. The fourth-order valence-electron chi connectivity index (χ4n) is 1.75. The van der Waals surface area contributed by atoms with Crippen molar-refractivity contribution in [3.8, 4) is 0 Å². The van der Waals surface area contributed by atoms with Crippen LogP contribution < -0.4 is 5.32 Å². The minimum Gasteiger partial charge on any atom is -0.337 e. The Balaban J connectivity index is 1.88. The first kappa shape index (κ1) is 12.1. The number of nitrogens with one attached hydrogen (secondary N) is 1. The number of halogens is 1. The summed E-state index contributed by atoms with van der Waals surface area (Å²) in [5, 5.41) is 2.62. The third-order valence-electron chi connectivity index (χ3n) is 2.72. The van der Waals surface area contributed by atoms with Gasteiger partial charge in [-0.1, -0.05) is 34.1 Å². The second kappa shape index (κ2) is 5.31. The van der Waals surface area contributed by atoms with Gasteiger partial charge in [-0.15, -0.1) is 0 Å². The van der Waals surface area contributed by atoms with Crippen LogP contribution >= 0.6 is 15.9 Å². The number of nitrogens with zero attached hydrogens (tertiary/aromatic N) is 1. The van der Waals surface area contributed by atoms with Crippen LogP contribution in [0.4, 0.5) is 0 Å². The molecule has 0 atom stereocenters. The van der Waals surface area contributed by atoms with Crippen LogP contribution in [-0.2, 0) is 16.0 Å². The van der Waals surface area contributed by atoms with Gasteiger partial charge in [0, 0.05) is 10.9 Å². The standard InChI is InChI=1S/C12H13BrN2O2/c13-10-4-2-1-3-9(10)5-6-12(17)15-7-11(16)14-8-15/h1-4H,5-8H2,(H,14,16). The summed E-state index contributed by atoms with van der Waals surface area (Å²) in [6, 6.07) is 7.84. The van der Waals surface area contributed by atoms with Crippen LogP contribution in [0.2, 0.25) is 0 Å². The molecule has 1 aliphatic rings. The quantitative estimate of drug-likeness (QED) is 0.914. The largest absolute Gasteiger partial charge is 0.337 e. The molecular weight excluding hydrogens is 284 g/mol. The van der Waals surface area contributed by atoms with Gasteiger partial charge in [0.1, 0.15) is 6.54 Å². The van der Waals surface area contributed by atoms with Gasteiger partial charge in [-0.2, -0.15) is 0 Å². The Morgan fingerprint density at radius 2 is 2.18 bits per heavy atom. The van der Waals surface area contributed by atoms with Gasteiger partial charge in [0.05, 0.1) is 6.67 Å². The first-order valence-electron chi connectivity index (χ1n) is 5.44. The molecule has 1 aromatic rings. The summed E-state index contributed by atoms with van der Waals surface area (Å²) in [4.78, 5) is 24.3. The van der Waals surface area contributed by atoms with Crippen molar-refractivity contribution in [3.05, 3.63) is 34.3 Å². The van der Waals surface area contributed by atoms with Gasteiger partial charge in [-0.05, 0) is 18.1 Å². The second-order valence-corrected chi connectivity index (χ2v) is 4.80. The van der Waals surface area contributed by atoms with E-state index in [1.165, 1.54) is 0 Å². The van der Waals surface area contributed by atoms with Gasteiger partial charge in [0.25, 0.3) is 0 Å². The molecule has 0 bridgehead atoms. The molecule has 0 aliphatic carbocycles. The van der Waals surface area contributed by atoms with E-state index >= 15 is 0 Å². The molecule has 1 aromatic carbocycles. The molecule has 0 spiro atoms. The Bertz CT molecular complexity index is 448. The molecule has 1 heterocycles. The van der Waals surface area contributed by atoms with E-state index in [2.05, 4.69) is 21.2 Å². The van der Waals surface area contributed by atoms with Gasteiger partial charge < -0.3 is 10.2 Å². The van der Waals surface area contributed by atoms with Gasteiger partial charge in [-0.3, -0.25) is 9.59 Å². The van der Waals surface area contributed by atoms with Crippen molar-refractivity contribution in [2.45, 2.75) is 12.8 Å². The number of carbonyl (C=O) groups is 2. The van der Waals surface area contributed by atoms with Crippen molar-refractivity contribution >= 4 is 27.7 Å². The number of carbonyl (C=O) groups excluding carboxylic acids is 2. The fraction of sp³-hybridized carbons (Fsp3) is 0.333. The smallest absolute Gasteiger partial charge is 0.241 e. The van der Waals surface area contributed by atoms with Gasteiger partial charge in [0.2, 0.25) is 11.8 Å². The number of rotatable bonds is 3. The molecule has 4 nitrogen and oxygen atoms in total. The van der Waals surface area contributed by atoms with Crippen LogP contribution in [0.5, 0.6) is 0 Å². The summed E-state index contributed by atoms with van der Waals surface area (Å²) in [7, 11) is 0. The number of aryl methyl sites for hydroxylation is 1. The molecule has 2 rings (SSSR count). The summed E-state index contributed by atoms with van der Waals surface area (Å²) in [5.41, 5.74) is 1.11. The number of hydrogen-bond donors (Lipinski definition) is 1. The fourth-order valence-corrected chi connectivity index (χ4v) is 2.23. The van der Waals surface area contributed by atoms with Crippen molar-refractivity contribution in [1.82, 2.24) is 10.2 Å². The summed E-state index contributed by atoms with van der Waals surface area (Å²) >= 11 is 3.45. The lowest BCUT2D eigenvalue weighted by molar-refractivity contribution is -0.131. The van der Waals surface area contributed by atoms with Crippen LogP contribution in [0.3, 0.4) is 0 Å². The maximum atomic E-state index is 11.8. The number of benzene rings is 1. The highest BCUT2D eigenvalue weighted by molar-refractivity contribution is 9.10. The summed E-state index contributed by atoms with van der Waals surface area (Å²) in [6.07, 6.45) is 1.11. The summed E-state index contributed by atoms with van der Waals surface area (Å²) < 4.78 is 1.02. The Hall–Kier alpha value is -1.36. The van der Waals surface area contributed by atoms with E-state index in [4.69, 9.17) is 0 Å². The zero-order valence-corrected chi connectivity index (χ0v) is 10.9. The number of hydrogen-bond acceptors (Lipinski definition) is 2. The lowest BCUT2D eigenvalue weighted by atomic mass is 10.1. The second-order valence-electron chi connectivity index (χ2n) is 3.94. The Kier molecular flexibility index (Phi) is 3.78. The lowest BCUT2D eigenvalue weighted by Crippen LogP contribution is -2.29. The molecule has 1 aliphatic heterocycles. The zero-order valence-electron chi connectivity index (χ0n) is 9.28. The van der Waals surface area contributed by atoms with E-state index in [0.717, 1.165) is 10.0 Å². The molecular formula is C12H13BrN2O2. The van der Waals surface area contributed by atoms with E-state index < -0.39 is 0 Å². The third-order valence-corrected chi connectivity index (χ3v) is 3.49. The van der Waals surface area contributed by atoms with Crippen molar-refractivity contribution < 1.29 is 9.59 Å². The Morgan fingerprint density at radius 3 is 2.82 bits per heavy atom. The highest BCUT2D eigenvalue weighted by atomic mass is 79.9. The Morgan fingerprint density at radius 1 is 1.41 bits per heavy atom. The molecule has 0 radical (unpaired) electrons. The topological polar surface area (TPSA) is 49.4 Å². The maximum absolute atomic E-state index is 11.8. The predicted molar refractivity (Wildman–Crippen MR) is 67.2 cm³/mol. The first-order valence-corrected chi connectivity index (χ1v) is 6.24. The highest BCUT2D eigenvalue weighted by Gasteiger charge is 2.22. The van der Waals surface area contributed by atoms with Crippen molar-refractivity contribution in [3.63, 3.8) is 0 Å². The van der Waals surface area contributed by atoms with Crippen LogP contribution in [0, 0.1) is 0 Å². The lowest BCUT2D eigenvalue weighted by Gasteiger charge is -2.13. The predicted octanol–water partition coefficient (Wildman–Crippen LogP) is 1.30. The molecule has 1 fully saturated rings. The molecule has 17 heavy (non-hydrogen) atoms. The molecule has 5 heteroatoms. The van der Waals surface area contributed by atoms with E-state index in [0.29, 0.717) is 19.5 Å². The molecule has 0 aromatic heterocycles. The average molecular weight is 297 g/mol. The van der Waals surface area contributed by atoms with E-state index in [9.17, 15) is 9.59 Å². The van der Waals surface area contributed by atoms with Gasteiger partial charge in [0.15, 0.2) is 0 Å². The molecule has 0 unspecified atom stereocenters. The van der Waals surface area contributed by atoms with Crippen molar-refractivity contribution in [2.75, 3.05) is 13.2 Å². The highest BCUT2D eigenvalue weighted by Crippen LogP contribution is 2.17. The van der Waals surface area contributed by atoms with Crippen molar-refractivity contribution in [2.24, 2.45) is 0 Å². The summed E-state index contributed by atoms with van der Waals surface area (Å²) in [5.74, 6) is -0.0710. The molecule has 90 valence electrons. The van der Waals surface area contributed by atoms with Crippen LogP contribution in [0.1, 0.15) is 12.0 Å². The monoisotopic (exact) mass is 296 g/mol. The van der Waals surface area contributed by atoms with E-state index in [1.54, 1.807) is 4.90 Å². The first-order chi connectivity index (χ1) is 8.16. The van der Waals surface area contributed by atoms with Crippen LogP contribution in [0.15, 0.2) is 28.7 Å². The average Bonchev–Trinajstić information content (AvgIpc) is 2.74. The van der Waals surface area contributed by atoms with Gasteiger partial charge in [-0.25, -0.2) is 0 Å². The minimum atomic E-state index is -0.0840. The van der Waals surface area contributed by atoms with E-state index in [-0.39, 0.29) is 18.4 Å². The van der Waals surface area contributed by atoms with Crippen molar-refractivity contribution in [1.29, 1.82) is 0 Å². The molecule has 0 saturated carbocycles. The summed E-state index contributed by atoms with van der Waals surface area (Å²) in [6.45, 7) is 0.530. The normalized spacial score (nSPS) is 14.9. The Labute approximate surface area is 108 Å². The van der Waals surface area contributed by atoms with Crippen LogP contribution in [0.25, 0.3) is 0 Å². The van der Waals surface area contributed by atoms with Gasteiger partial charge >= 0.3 is 0 Å². The minimum absolute atomic E-state index is 0.0131. The third kappa shape index (κ3) is 3.06. The van der Waals surface area contributed by atoms with Crippen LogP contribution in [-0.4, -0.2) is 29.9 Å². The van der Waals surface area contributed by atoms with E-state index in [1.807, 2.05) is 24.3 Å². The maximum Gasteiger partial charge on any atom is 0.241 e. The molecule has 2 amide bonds. The zero-order chi connectivity index (χ0) is 12.3.